The van der Waals surface area contributed by atoms with E-state index in [1.165, 1.54) is 0 Å². The van der Waals surface area contributed by atoms with Crippen LogP contribution in [0.4, 0.5) is 5.82 Å². The van der Waals surface area contributed by atoms with Gasteiger partial charge < -0.3 is 14.8 Å². The summed E-state index contributed by atoms with van der Waals surface area (Å²) in [6.07, 6.45) is 1.17. The number of ether oxygens (including phenoxy) is 2. The molecule has 1 aliphatic heterocycles. The summed E-state index contributed by atoms with van der Waals surface area (Å²) < 4.78 is 11.6. The summed E-state index contributed by atoms with van der Waals surface area (Å²) in [5, 5.41) is 8.91. The van der Waals surface area contributed by atoms with E-state index in [1.54, 1.807) is 7.11 Å². The highest BCUT2D eigenvalue weighted by Gasteiger charge is 2.42. The number of hydrogen-bond donors (Lipinski definition) is 3. The number of rotatable bonds is 5. The number of allylic oxidation sites excluding steroid dienone is 2. The lowest BCUT2D eigenvalue weighted by atomic mass is 9.69. The Morgan fingerprint density at radius 3 is 2.55 bits per heavy atom. The lowest BCUT2D eigenvalue weighted by Crippen LogP contribution is -2.35. The molecule has 33 heavy (non-hydrogen) atoms. The summed E-state index contributed by atoms with van der Waals surface area (Å²) in [6, 6.07) is 15.5. The minimum Gasteiger partial charge on any atom is -0.493 e. The lowest BCUT2D eigenvalue weighted by Gasteiger charge is -2.38. The van der Waals surface area contributed by atoms with Crippen molar-refractivity contribution < 1.29 is 14.3 Å². The van der Waals surface area contributed by atoms with E-state index in [0.29, 0.717) is 41.5 Å². The van der Waals surface area contributed by atoms with Crippen molar-refractivity contribution in [3.8, 4) is 11.5 Å². The van der Waals surface area contributed by atoms with Gasteiger partial charge in [-0.25, -0.2) is 0 Å². The quantitative estimate of drug-likeness (QED) is 0.538. The van der Waals surface area contributed by atoms with E-state index in [9.17, 15) is 9.59 Å². The molecule has 3 aromatic rings. The monoisotopic (exact) mass is 445 g/mol. The first-order valence-corrected chi connectivity index (χ1v) is 11.0. The molecule has 170 valence electrons. The molecule has 0 bridgehead atoms. The molecule has 0 radical (unpaired) electrons. The summed E-state index contributed by atoms with van der Waals surface area (Å²) in [5.74, 6) is 1.35. The zero-order valence-corrected chi connectivity index (χ0v) is 19.0. The Bertz CT molecular complexity index is 1300. The van der Waals surface area contributed by atoms with Crippen molar-refractivity contribution in [2.45, 2.75) is 39.2 Å². The Balaban J connectivity index is 1.59. The van der Waals surface area contributed by atoms with Gasteiger partial charge in [0.25, 0.3) is 5.56 Å². The van der Waals surface area contributed by atoms with E-state index in [4.69, 9.17) is 9.47 Å². The van der Waals surface area contributed by atoms with E-state index >= 15 is 0 Å². The van der Waals surface area contributed by atoms with Gasteiger partial charge in [-0.3, -0.25) is 19.8 Å². The third-order valence-corrected chi connectivity index (χ3v) is 6.35. The van der Waals surface area contributed by atoms with E-state index in [1.807, 2.05) is 48.5 Å². The van der Waals surface area contributed by atoms with Crippen molar-refractivity contribution in [1.29, 1.82) is 0 Å². The summed E-state index contributed by atoms with van der Waals surface area (Å²) in [5.41, 5.74) is 3.50. The first-order chi connectivity index (χ1) is 15.9. The maximum atomic E-state index is 13.3. The van der Waals surface area contributed by atoms with Crippen molar-refractivity contribution >= 4 is 11.6 Å². The molecule has 1 aromatic heterocycles. The Hall–Kier alpha value is -3.74. The third-order valence-electron chi connectivity index (χ3n) is 6.35. The van der Waals surface area contributed by atoms with E-state index in [-0.39, 0.29) is 16.8 Å². The zero-order chi connectivity index (χ0) is 23.2. The van der Waals surface area contributed by atoms with Crippen LogP contribution in [-0.2, 0) is 11.4 Å². The number of nitrogens with one attached hydrogen (secondary N) is 3. The van der Waals surface area contributed by atoms with E-state index < -0.39 is 5.92 Å². The van der Waals surface area contributed by atoms with Crippen LogP contribution in [0.2, 0.25) is 0 Å². The minimum absolute atomic E-state index is 0.0626. The highest BCUT2D eigenvalue weighted by molar-refractivity contribution is 6.01. The van der Waals surface area contributed by atoms with Crippen LogP contribution in [0.5, 0.6) is 11.5 Å². The van der Waals surface area contributed by atoms with Crippen LogP contribution in [0.15, 0.2) is 64.6 Å². The van der Waals surface area contributed by atoms with Gasteiger partial charge in [0.2, 0.25) is 0 Å². The Kier molecular flexibility index (Phi) is 5.12. The Labute approximate surface area is 191 Å². The van der Waals surface area contributed by atoms with Gasteiger partial charge in [-0.2, -0.15) is 0 Å². The van der Waals surface area contributed by atoms with Gasteiger partial charge in [0.1, 0.15) is 12.4 Å². The molecule has 0 amide bonds. The molecule has 0 saturated carbocycles. The second-order valence-corrected chi connectivity index (χ2v) is 9.44. The Morgan fingerprint density at radius 1 is 1.00 bits per heavy atom. The zero-order valence-electron chi connectivity index (χ0n) is 19.0. The number of hydrogen-bond acceptors (Lipinski definition) is 5. The van der Waals surface area contributed by atoms with Crippen molar-refractivity contribution in [1.82, 2.24) is 10.2 Å². The molecule has 3 N–H and O–H groups in total. The molecule has 2 heterocycles. The van der Waals surface area contributed by atoms with Gasteiger partial charge in [0.05, 0.1) is 12.7 Å². The normalized spacial score (nSPS) is 18.9. The number of aromatic nitrogens is 2. The SMILES string of the molecule is COc1ccc([C@@H]2C3=C(CC(C)(C)CC3=O)Nc3[nH][nH]c(=O)c32)cc1OCc1ccccc1. The molecular formula is C26H27N3O4. The van der Waals surface area contributed by atoms with Gasteiger partial charge in [-0.15, -0.1) is 0 Å². The van der Waals surface area contributed by atoms with Crippen molar-refractivity contribution in [2.24, 2.45) is 5.41 Å². The van der Waals surface area contributed by atoms with Crippen molar-refractivity contribution in [2.75, 3.05) is 12.4 Å². The molecule has 0 spiro atoms. The van der Waals surface area contributed by atoms with Crippen molar-refractivity contribution in [3.63, 3.8) is 0 Å². The number of carbonyl (C=O) groups excluding carboxylic acids is 1. The van der Waals surface area contributed by atoms with Gasteiger partial charge in [0.15, 0.2) is 17.3 Å². The van der Waals surface area contributed by atoms with Crippen LogP contribution >= 0.6 is 0 Å². The molecule has 1 atom stereocenters. The fourth-order valence-electron chi connectivity index (χ4n) is 4.87. The average molecular weight is 446 g/mol. The standard InChI is InChI=1S/C26H27N3O4/c1-26(2)12-17-22(18(30)13-26)21(23-24(27-17)28-29-25(23)31)16-9-10-19(32-3)20(11-16)33-14-15-7-5-4-6-8-15/h4-11,21H,12-14H2,1-3H3,(H3,27,28,29,31)/t21-/m1/s1. The molecule has 0 fully saturated rings. The first-order valence-electron chi connectivity index (χ1n) is 11.0. The number of Topliss-reactive ketones (excluding diaryl/α,β-unsaturated/α-hetero) is 1. The van der Waals surface area contributed by atoms with Gasteiger partial charge in [-0.1, -0.05) is 50.2 Å². The Morgan fingerprint density at radius 2 is 1.79 bits per heavy atom. The number of H-pyrrole nitrogens is 2. The van der Waals surface area contributed by atoms with Gasteiger partial charge >= 0.3 is 0 Å². The second-order valence-electron chi connectivity index (χ2n) is 9.44. The molecule has 1 aliphatic carbocycles. The fourth-order valence-corrected chi connectivity index (χ4v) is 4.87. The maximum Gasteiger partial charge on any atom is 0.270 e. The number of carbonyl (C=O) groups is 1. The van der Waals surface area contributed by atoms with Gasteiger partial charge in [-0.05, 0) is 35.1 Å². The molecule has 2 aromatic carbocycles. The number of anilines is 1. The summed E-state index contributed by atoms with van der Waals surface area (Å²) in [7, 11) is 1.59. The van der Waals surface area contributed by atoms with Crippen LogP contribution in [0.1, 0.15) is 49.3 Å². The maximum absolute atomic E-state index is 13.3. The third kappa shape index (κ3) is 3.84. The summed E-state index contributed by atoms with van der Waals surface area (Å²) >= 11 is 0. The van der Waals surface area contributed by atoms with E-state index in [2.05, 4.69) is 29.4 Å². The minimum atomic E-state index is -0.486. The molecule has 7 heteroatoms. The molecule has 2 aliphatic rings. The molecule has 5 rings (SSSR count). The van der Waals surface area contributed by atoms with Gasteiger partial charge in [0, 0.05) is 23.6 Å². The topological polar surface area (TPSA) is 96.2 Å². The molecule has 0 unspecified atom stereocenters. The molecule has 0 saturated heterocycles. The fraction of sp³-hybridized carbons (Fsp3) is 0.308. The smallest absolute Gasteiger partial charge is 0.270 e. The summed E-state index contributed by atoms with van der Waals surface area (Å²) in [4.78, 5) is 26.1. The average Bonchev–Trinajstić information content (AvgIpc) is 3.16. The predicted molar refractivity (Wildman–Crippen MR) is 126 cm³/mol. The second kappa shape index (κ2) is 7.99. The lowest BCUT2D eigenvalue weighted by molar-refractivity contribution is -0.118. The molecular weight excluding hydrogens is 418 g/mol. The van der Waals surface area contributed by atoms with Crippen molar-refractivity contribution in [3.05, 3.63) is 86.8 Å². The largest absolute Gasteiger partial charge is 0.493 e. The van der Waals surface area contributed by atoms with Crippen LogP contribution in [0.3, 0.4) is 0 Å². The molecule has 7 nitrogen and oxygen atoms in total. The number of aromatic amines is 2. The highest BCUT2D eigenvalue weighted by Crippen LogP contribution is 2.48. The number of methoxy groups -OCH3 is 1. The first kappa shape index (κ1) is 21.1. The predicted octanol–water partition coefficient (Wildman–Crippen LogP) is 4.49. The number of ketones is 1. The number of benzene rings is 2. The van der Waals surface area contributed by atoms with E-state index in [0.717, 1.165) is 23.2 Å². The highest BCUT2D eigenvalue weighted by atomic mass is 16.5. The van der Waals surface area contributed by atoms with Crippen LogP contribution < -0.4 is 20.3 Å². The van der Waals surface area contributed by atoms with Crippen LogP contribution in [0.25, 0.3) is 0 Å². The van der Waals surface area contributed by atoms with Crippen LogP contribution in [-0.4, -0.2) is 23.1 Å². The number of fused-ring (bicyclic) bond motifs is 1. The summed E-state index contributed by atoms with van der Waals surface area (Å²) in [6.45, 7) is 4.55. The van der Waals surface area contributed by atoms with Crippen LogP contribution in [0, 0.1) is 5.41 Å².